The number of benzene rings is 2. The molecule has 1 heterocycles. The van der Waals surface area contributed by atoms with E-state index in [1.54, 1.807) is 0 Å². The Bertz CT molecular complexity index is 960. The number of rotatable bonds is 7. The molecule has 3 aromatic rings. The van der Waals surface area contributed by atoms with Gasteiger partial charge in [0.25, 0.3) is 0 Å². The van der Waals surface area contributed by atoms with Gasteiger partial charge in [-0.3, -0.25) is 9.59 Å². The Labute approximate surface area is 162 Å². The van der Waals surface area contributed by atoms with E-state index in [0.717, 1.165) is 21.5 Å². The number of aryl methyl sites for hydroxylation is 1. The molecule has 0 aliphatic heterocycles. The number of hydrogen-bond acceptors (Lipinski definition) is 5. The van der Waals surface area contributed by atoms with E-state index >= 15 is 0 Å². The van der Waals surface area contributed by atoms with Gasteiger partial charge in [-0.1, -0.05) is 60.3 Å². The molecule has 0 aliphatic rings. The molecule has 1 atom stereocenters. The molecule has 138 valence electrons. The highest BCUT2D eigenvalue weighted by molar-refractivity contribution is 8.00. The van der Waals surface area contributed by atoms with Gasteiger partial charge >= 0.3 is 0 Å². The Kier molecular flexibility index (Phi) is 6.19. The molecule has 0 aliphatic carbocycles. The second-order valence-electron chi connectivity index (χ2n) is 6.30. The van der Waals surface area contributed by atoms with Crippen molar-refractivity contribution < 1.29 is 9.59 Å². The van der Waals surface area contributed by atoms with E-state index < -0.39 is 6.04 Å². The number of para-hydroxylation sites is 1. The SMILES string of the molecule is CC(=O)[C@@H](Cc1ccccc1)NC(=O)CSc1nc(C)nc2ccccc12. The van der Waals surface area contributed by atoms with Gasteiger partial charge in [-0.2, -0.15) is 0 Å². The number of nitrogens with zero attached hydrogens (tertiary/aromatic N) is 2. The number of hydrogen-bond donors (Lipinski definition) is 1. The molecular weight excluding hydrogens is 358 g/mol. The van der Waals surface area contributed by atoms with Gasteiger partial charge < -0.3 is 5.32 Å². The third-order valence-electron chi connectivity index (χ3n) is 4.13. The van der Waals surface area contributed by atoms with E-state index in [2.05, 4.69) is 15.3 Å². The summed E-state index contributed by atoms with van der Waals surface area (Å²) in [6.07, 6.45) is 0.488. The lowest BCUT2D eigenvalue weighted by Crippen LogP contribution is -2.42. The van der Waals surface area contributed by atoms with Crippen LogP contribution < -0.4 is 5.32 Å². The third kappa shape index (κ3) is 5.14. The Hall–Kier alpha value is -2.73. The molecule has 5 nitrogen and oxygen atoms in total. The fourth-order valence-corrected chi connectivity index (χ4v) is 3.66. The second kappa shape index (κ2) is 8.77. The smallest absolute Gasteiger partial charge is 0.231 e. The predicted molar refractivity (Wildman–Crippen MR) is 108 cm³/mol. The minimum atomic E-state index is -0.524. The number of fused-ring (bicyclic) bond motifs is 1. The lowest BCUT2D eigenvalue weighted by Gasteiger charge is -2.16. The maximum Gasteiger partial charge on any atom is 0.231 e. The quantitative estimate of drug-likeness (QED) is 0.503. The van der Waals surface area contributed by atoms with Gasteiger partial charge in [0.1, 0.15) is 10.9 Å². The Morgan fingerprint density at radius 3 is 2.48 bits per heavy atom. The first kappa shape index (κ1) is 19.0. The van der Waals surface area contributed by atoms with Gasteiger partial charge in [-0.15, -0.1) is 0 Å². The fraction of sp³-hybridized carbons (Fsp3) is 0.238. The molecule has 6 heteroatoms. The number of nitrogens with one attached hydrogen (secondary N) is 1. The lowest BCUT2D eigenvalue weighted by molar-refractivity contribution is -0.125. The summed E-state index contributed by atoms with van der Waals surface area (Å²) in [5.41, 5.74) is 1.88. The van der Waals surface area contributed by atoms with Crippen LogP contribution in [0, 0.1) is 6.92 Å². The van der Waals surface area contributed by atoms with E-state index in [1.165, 1.54) is 18.7 Å². The molecule has 0 bridgehead atoms. The van der Waals surface area contributed by atoms with Crippen molar-refractivity contribution in [3.05, 3.63) is 66.0 Å². The predicted octanol–water partition coefficient (Wildman–Crippen LogP) is 3.35. The van der Waals surface area contributed by atoms with Crippen molar-refractivity contribution in [3.63, 3.8) is 0 Å². The number of carbonyl (C=O) groups excluding carboxylic acids is 2. The van der Waals surface area contributed by atoms with Crippen LogP contribution in [-0.4, -0.2) is 33.5 Å². The van der Waals surface area contributed by atoms with Crippen molar-refractivity contribution in [3.8, 4) is 0 Å². The molecule has 1 amide bonds. The van der Waals surface area contributed by atoms with Crippen molar-refractivity contribution in [2.45, 2.75) is 31.3 Å². The molecule has 1 N–H and O–H groups in total. The first-order valence-corrected chi connectivity index (χ1v) is 9.71. The summed E-state index contributed by atoms with van der Waals surface area (Å²) in [5, 5.41) is 4.54. The van der Waals surface area contributed by atoms with Gasteiger partial charge in [0.2, 0.25) is 5.91 Å². The molecule has 0 unspecified atom stereocenters. The van der Waals surface area contributed by atoms with E-state index in [0.29, 0.717) is 12.2 Å². The van der Waals surface area contributed by atoms with Gasteiger partial charge in [0.15, 0.2) is 5.78 Å². The summed E-state index contributed by atoms with van der Waals surface area (Å²) < 4.78 is 0. The monoisotopic (exact) mass is 379 g/mol. The van der Waals surface area contributed by atoms with Crippen molar-refractivity contribution in [2.75, 3.05) is 5.75 Å². The van der Waals surface area contributed by atoms with E-state index in [4.69, 9.17) is 0 Å². The van der Waals surface area contributed by atoms with Crippen molar-refractivity contribution in [1.82, 2.24) is 15.3 Å². The van der Waals surface area contributed by atoms with Crippen LogP contribution in [0.25, 0.3) is 10.9 Å². The Balaban J connectivity index is 1.66. The van der Waals surface area contributed by atoms with Crippen molar-refractivity contribution in [2.24, 2.45) is 0 Å². The molecule has 27 heavy (non-hydrogen) atoms. The highest BCUT2D eigenvalue weighted by atomic mass is 32.2. The number of carbonyl (C=O) groups is 2. The first-order valence-electron chi connectivity index (χ1n) is 8.73. The minimum absolute atomic E-state index is 0.0551. The molecule has 0 fully saturated rings. The maximum atomic E-state index is 12.4. The molecule has 0 saturated carbocycles. The Morgan fingerprint density at radius 2 is 1.74 bits per heavy atom. The molecule has 0 spiro atoms. The van der Waals surface area contributed by atoms with E-state index in [-0.39, 0.29) is 17.4 Å². The van der Waals surface area contributed by atoms with Gasteiger partial charge in [0, 0.05) is 5.39 Å². The zero-order valence-corrected chi connectivity index (χ0v) is 16.1. The van der Waals surface area contributed by atoms with Crippen LogP contribution in [0.4, 0.5) is 0 Å². The number of aromatic nitrogens is 2. The van der Waals surface area contributed by atoms with Crippen LogP contribution in [0.5, 0.6) is 0 Å². The Morgan fingerprint density at radius 1 is 1.04 bits per heavy atom. The molecular formula is C21H21N3O2S. The van der Waals surface area contributed by atoms with E-state index in [9.17, 15) is 9.59 Å². The summed E-state index contributed by atoms with van der Waals surface area (Å²) in [6, 6.07) is 16.9. The normalized spacial score (nSPS) is 11.9. The van der Waals surface area contributed by atoms with Crippen molar-refractivity contribution >= 4 is 34.4 Å². The number of amides is 1. The molecule has 0 saturated heterocycles. The average molecular weight is 379 g/mol. The van der Waals surface area contributed by atoms with Crippen LogP contribution in [-0.2, 0) is 16.0 Å². The molecule has 0 radical (unpaired) electrons. The zero-order valence-electron chi connectivity index (χ0n) is 15.3. The topological polar surface area (TPSA) is 72.0 Å². The minimum Gasteiger partial charge on any atom is -0.345 e. The maximum absolute atomic E-state index is 12.4. The number of ketones is 1. The molecule has 2 aromatic carbocycles. The zero-order chi connectivity index (χ0) is 19.2. The van der Waals surface area contributed by atoms with Gasteiger partial charge in [-0.25, -0.2) is 9.97 Å². The van der Waals surface area contributed by atoms with Crippen LogP contribution in [0.15, 0.2) is 59.6 Å². The number of thioether (sulfide) groups is 1. The summed E-state index contributed by atoms with van der Waals surface area (Å²) in [4.78, 5) is 33.2. The lowest BCUT2D eigenvalue weighted by atomic mass is 10.0. The summed E-state index contributed by atoms with van der Waals surface area (Å²) in [5.74, 6) is 0.623. The average Bonchev–Trinajstić information content (AvgIpc) is 2.66. The highest BCUT2D eigenvalue weighted by Gasteiger charge is 2.18. The van der Waals surface area contributed by atoms with Crippen LogP contribution in [0.3, 0.4) is 0 Å². The summed E-state index contributed by atoms with van der Waals surface area (Å²) in [7, 11) is 0. The number of Topliss-reactive ketones (excluding diaryl/α,β-unsaturated/α-hetero) is 1. The summed E-state index contributed by atoms with van der Waals surface area (Å²) in [6.45, 7) is 3.34. The summed E-state index contributed by atoms with van der Waals surface area (Å²) >= 11 is 1.36. The van der Waals surface area contributed by atoms with Gasteiger partial charge in [0.05, 0.1) is 17.3 Å². The van der Waals surface area contributed by atoms with E-state index in [1.807, 2.05) is 61.5 Å². The fourth-order valence-electron chi connectivity index (χ4n) is 2.78. The third-order valence-corrected chi connectivity index (χ3v) is 5.12. The molecule has 3 rings (SSSR count). The van der Waals surface area contributed by atoms with Crippen LogP contribution in [0.1, 0.15) is 18.3 Å². The highest BCUT2D eigenvalue weighted by Crippen LogP contribution is 2.25. The van der Waals surface area contributed by atoms with Crippen LogP contribution in [0.2, 0.25) is 0 Å². The standard InChI is InChI=1S/C21H21N3O2S/c1-14(25)19(12-16-8-4-3-5-9-16)24-20(26)13-27-21-17-10-6-7-11-18(17)22-15(2)23-21/h3-11,19H,12-13H2,1-2H3,(H,24,26)/t19-/m1/s1. The molecule has 1 aromatic heterocycles. The first-order chi connectivity index (χ1) is 13.0. The van der Waals surface area contributed by atoms with Crippen LogP contribution >= 0.6 is 11.8 Å². The van der Waals surface area contributed by atoms with Gasteiger partial charge in [-0.05, 0) is 31.9 Å². The van der Waals surface area contributed by atoms with Crippen molar-refractivity contribution in [1.29, 1.82) is 0 Å². The second-order valence-corrected chi connectivity index (χ2v) is 7.27. The largest absolute Gasteiger partial charge is 0.345 e.